The third-order valence-electron chi connectivity index (χ3n) is 9.65. The maximum Gasteiger partial charge on any atom is 0.419 e. The normalized spacial score (nSPS) is 29.0. The van der Waals surface area contributed by atoms with E-state index >= 15 is 0 Å². The summed E-state index contributed by atoms with van der Waals surface area (Å²) in [6.45, 7) is 0.620. The summed E-state index contributed by atoms with van der Waals surface area (Å²) in [5.41, 5.74) is 3.18. The summed E-state index contributed by atoms with van der Waals surface area (Å²) in [5, 5.41) is 13.2. The van der Waals surface area contributed by atoms with E-state index in [2.05, 4.69) is 32.1 Å². The molecule has 0 spiro atoms. The fraction of sp³-hybridized carbons (Fsp3) is 0.370. The lowest BCUT2D eigenvalue weighted by molar-refractivity contribution is -0.285. The Morgan fingerprint density at radius 2 is 2.08 bits per heavy atom. The number of hydrogen-bond donors (Lipinski definition) is 3. The molecule has 0 bridgehead atoms. The van der Waals surface area contributed by atoms with Crippen LogP contribution in [0.5, 0.6) is 0 Å². The van der Waals surface area contributed by atoms with Gasteiger partial charge in [-0.1, -0.05) is 12.1 Å². The van der Waals surface area contributed by atoms with E-state index in [0.29, 0.717) is 35.4 Å². The largest absolute Gasteiger partial charge is 0.419 e. The van der Waals surface area contributed by atoms with Crippen molar-refractivity contribution < 1.29 is 18.4 Å². The van der Waals surface area contributed by atoms with E-state index in [9.17, 15) is 18.8 Å². The highest BCUT2D eigenvalue weighted by Crippen LogP contribution is 2.87. The van der Waals surface area contributed by atoms with Gasteiger partial charge >= 0.3 is 5.76 Å². The van der Waals surface area contributed by atoms with Crippen molar-refractivity contribution in [3.63, 3.8) is 0 Å². The van der Waals surface area contributed by atoms with Crippen molar-refractivity contribution in [3.8, 4) is 0 Å². The number of rotatable bonds is 7. The summed E-state index contributed by atoms with van der Waals surface area (Å²) in [5.74, 6) is -0.456. The van der Waals surface area contributed by atoms with Crippen molar-refractivity contribution in [1.82, 2.24) is 35.1 Å². The van der Waals surface area contributed by atoms with Gasteiger partial charge in [0.2, 0.25) is 0 Å². The highest BCUT2D eigenvalue weighted by molar-refractivity contribution is 5.98. The lowest BCUT2D eigenvalue weighted by Gasteiger charge is -2.89. The molecule has 3 N–H and O–H groups in total. The number of benzene rings is 1. The van der Waals surface area contributed by atoms with Crippen LogP contribution in [0.25, 0.3) is 16.7 Å². The zero-order valence-corrected chi connectivity index (χ0v) is 21.1. The van der Waals surface area contributed by atoms with Gasteiger partial charge in [0.25, 0.3) is 11.8 Å². The number of halogens is 1. The molecule has 5 unspecified atom stereocenters. The van der Waals surface area contributed by atoms with Gasteiger partial charge in [-0.2, -0.15) is 5.10 Å². The van der Waals surface area contributed by atoms with E-state index in [1.54, 1.807) is 25.2 Å². The zero-order valence-electron chi connectivity index (χ0n) is 21.1. The summed E-state index contributed by atoms with van der Waals surface area (Å²) in [6, 6.07) is 6.45. The number of likely N-dealkylation sites (N-methyl/N-ethyl adjacent to an activating group) is 1. The Kier molecular flexibility index (Phi) is 4.18. The first-order valence-electron chi connectivity index (χ1n) is 12.9. The maximum absolute atomic E-state index is 14.5. The molecule has 3 heterocycles. The molecule has 3 saturated carbocycles. The Morgan fingerprint density at radius 1 is 1.23 bits per heavy atom. The molecule has 4 aliphatic carbocycles. The molecule has 0 radical (unpaired) electrons. The molecule has 4 aromatic rings. The summed E-state index contributed by atoms with van der Waals surface area (Å²) < 4.78 is 22.1. The fourth-order valence-electron chi connectivity index (χ4n) is 7.66. The van der Waals surface area contributed by atoms with Crippen molar-refractivity contribution in [2.45, 2.75) is 18.5 Å². The minimum Gasteiger partial charge on any atom is -0.408 e. The molecule has 3 aromatic heterocycles. The standard InChI is InChI=1S/C27H24FN7O4/c1-29-27-8-13-21(27)20-14(27)7-26(13,20)11-31-24(37)18-6-16(33-22-15(28)10-32-35(18)22)23(36)30-9-12-3-4-19-17(5-12)34(2)25(38)39-19/h3-7,10,13,20-21,29H,8-9,11H2,1-2H3,(H,30,36)(H,31,37). The number of aromatic nitrogens is 4. The smallest absolute Gasteiger partial charge is 0.408 e. The Labute approximate surface area is 220 Å². The number of fused-ring (bicyclic) bond motifs is 4. The number of hydrogen-bond acceptors (Lipinski definition) is 7. The van der Waals surface area contributed by atoms with Gasteiger partial charge in [-0.05, 0) is 54.5 Å². The maximum atomic E-state index is 14.5. The second-order valence-electron chi connectivity index (χ2n) is 11.1. The summed E-state index contributed by atoms with van der Waals surface area (Å²) in [7, 11) is 3.61. The third kappa shape index (κ3) is 2.62. The van der Waals surface area contributed by atoms with E-state index in [1.807, 2.05) is 7.05 Å². The van der Waals surface area contributed by atoms with Crippen molar-refractivity contribution in [1.29, 1.82) is 0 Å². The van der Waals surface area contributed by atoms with Crippen LogP contribution in [0, 0.1) is 29.0 Å². The van der Waals surface area contributed by atoms with Crippen molar-refractivity contribution in [3.05, 3.63) is 75.4 Å². The van der Waals surface area contributed by atoms with Crippen LogP contribution in [-0.2, 0) is 13.6 Å². The van der Waals surface area contributed by atoms with Gasteiger partial charge in [0, 0.05) is 37.2 Å². The average molecular weight is 530 g/mol. The van der Waals surface area contributed by atoms with Gasteiger partial charge in [-0.3, -0.25) is 14.2 Å². The van der Waals surface area contributed by atoms with Crippen LogP contribution in [0.15, 0.2) is 51.3 Å². The molecule has 3 fully saturated rings. The van der Waals surface area contributed by atoms with Crippen LogP contribution in [0.3, 0.4) is 0 Å². The monoisotopic (exact) mass is 529 g/mol. The van der Waals surface area contributed by atoms with Gasteiger partial charge < -0.3 is 20.4 Å². The predicted octanol–water partition coefficient (Wildman–Crippen LogP) is 1.14. The number of oxazole rings is 1. The molecule has 8 rings (SSSR count). The minimum absolute atomic E-state index is 0.00948. The molecule has 1 aromatic carbocycles. The first kappa shape index (κ1) is 22.6. The van der Waals surface area contributed by atoms with Crippen molar-refractivity contribution in [2.75, 3.05) is 13.6 Å². The number of carbonyl (C=O) groups is 2. The number of amides is 2. The lowest BCUT2D eigenvalue weighted by atomic mass is 9.16. The molecule has 0 saturated heterocycles. The van der Waals surface area contributed by atoms with Gasteiger partial charge in [0.15, 0.2) is 17.0 Å². The molecule has 0 aliphatic heterocycles. The van der Waals surface area contributed by atoms with Gasteiger partial charge in [-0.25, -0.2) is 18.7 Å². The topological polar surface area (TPSA) is 136 Å². The fourth-order valence-corrected chi connectivity index (χ4v) is 7.66. The van der Waals surface area contributed by atoms with Crippen molar-refractivity contribution in [2.24, 2.45) is 30.2 Å². The number of nitrogens with one attached hydrogen (secondary N) is 3. The molecule has 2 amide bonds. The quantitative estimate of drug-likeness (QED) is 0.306. The summed E-state index contributed by atoms with van der Waals surface area (Å²) in [6.07, 6.45) is 4.39. The first-order chi connectivity index (χ1) is 18.8. The Balaban J connectivity index is 1.02. The molecule has 39 heavy (non-hydrogen) atoms. The third-order valence-corrected chi connectivity index (χ3v) is 9.65. The second-order valence-corrected chi connectivity index (χ2v) is 11.1. The molecule has 11 nitrogen and oxygen atoms in total. The number of aryl methyl sites for hydroxylation is 1. The number of carbonyl (C=O) groups excluding carboxylic acids is 2. The highest BCUT2D eigenvalue weighted by atomic mass is 19.1. The van der Waals surface area contributed by atoms with Crippen LogP contribution in [0.2, 0.25) is 0 Å². The Hall–Kier alpha value is -4.32. The van der Waals surface area contributed by atoms with Crippen LogP contribution in [-0.4, -0.2) is 50.1 Å². The van der Waals surface area contributed by atoms with E-state index in [4.69, 9.17) is 4.42 Å². The van der Waals surface area contributed by atoms with Crippen LogP contribution >= 0.6 is 0 Å². The highest BCUT2D eigenvalue weighted by Gasteiger charge is 2.88. The summed E-state index contributed by atoms with van der Waals surface area (Å²) in [4.78, 5) is 42.2. The van der Waals surface area contributed by atoms with Gasteiger partial charge in [0.05, 0.1) is 11.7 Å². The first-order valence-corrected chi connectivity index (χ1v) is 12.9. The molecule has 4 aliphatic rings. The van der Waals surface area contributed by atoms with Crippen LogP contribution in [0.1, 0.15) is 33.0 Å². The average Bonchev–Trinajstić information content (AvgIpc) is 3.45. The molecule has 198 valence electrons. The van der Waals surface area contributed by atoms with E-state index < -0.39 is 23.4 Å². The van der Waals surface area contributed by atoms with Crippen molar-refractivity contribution >= 4 is 28.6 Å². The molecular formula is C27H24FN7O4. The second kappa shape index (κ2) is 7.20. The summed E-state index contributed by atoms with van der Waals surface area (Å²) >= 11 is 0. The molecular weight excluding hydrogens is 505 g/mol. The minimum atomic E-state index is -0.732. The van der Waals surface area contributed by atoms with E-state index in [-0.39, 0.29) is 34.5 Å². The SMILES string of the molecule is CNC12CC3C1C1C2=CC31CNC(=O)c1cc(C(=O)NCc2ccc3oc(=O)n(C)c3c2)nc2c(F)cnn12. The molecule has 5 atom stereocenters. The van der Waals surface area contributed by atoms with Gasteiger partial charge in [0.1, 0.15) is 11.4 Å². The predicted molar refractivity (Wildman–Crippen MR) is 135 cm³/mol. The number of nitrogens with zero attached hydrogens (tertiary/aromatic N) is 4. The van der Waals surface area contributed by atoms with Crippen LogP contribution in [0.4, 0.5) is 4.39 Å². The van der Waals surface area contributed by atoms with Gasteiger partial charge in [-0.15, -0.1) is 0 Å². The van der Waals surface area contributed by atoms with E-state index in [0.717, 1.165) is 22.7 Å². The zero-order chi connectivity index (χ0) is 26.8. The van der Waals surface area contributed by atoms with Crippen LogP contribution < -0.4 is 21.7 Å². The lowest BCUT2D eigenvalue weighted by Crippen LogP contribution is -2.92. The Bertz CT molecular complexity index is 1870. The molecule has 12 heteroatoms. The van der Waals surface area contributed by atoms with E-state index in [1.165, 1.54) is 16.2 Å². The Morgan fingerprint density at radius 3 is 2.79 bits per heavy atom.